The first kappa shape index (κ1) is 19.7. The van der Waals surface area contributed by atoms with Crippen LogP contribution in [0.5, 0.6) is 5.75 Å². The van der Waals surface area contributed by atoms with Gasteiger partial charge < -0.3 is 15.0 Å². The Hall–Kier alpha value is -3.05. The minimum Gasteiger partial charge on any atom is -0.497 e. The van der Waals surface area contributed by atoms with Crippen LogP contribution in [0.4, 0.5) is 15.8 Å². The number of nitrogens with zero attached hydrogens (tertiary/aromatic N) is 1. The van der Waals surface area contributed by atoms with Gasteiger partial charge >= 0.3 is 0 Å². The Labute approximate surface area is 168 Å². The number of anilines is 2. The minimum absolute atomic E-state index is 0.0588. The molecular formula is C22H20ClFN2O2. The highest BCUT2D eigenvalue weighted by Gasteiger charge is 2.14. The molecule has 0 saturated carbocycles. The zero-order chi connectivity index (χ0) is 19.9. The summed E-state index contributed by atoms with van der Waals surface area (Å²) in [6, 6.07) is 21.4. The molecule has 0 aliphatic carbocycles. The highest BCUT2D eigenvalue weighted by molar-refractivity contribution is 6.30. The van der Waals surface area contributed by atoms with Crippen molar-refractivity contribution in [1.29, 1.82) is 0 Å². The van der Waals surface area contributed by atoms with Crippen LogP contribution >= 0.6 is 11.6 Å². The van der Waals surface area contributed by atoms with Crippen LogP contribution in [-0.4, -0.2) is 19.6 Å². The monoisotopic (exact) mass is 398 g/mol. The van der Waals surface area contributed by atoms with E-state index < -0.39 is 5.82 Å². The van der Waals surface area contributed by atoms with Gasteiger partial charge in [0, 0.05) is 17.3 Å². The first-order valence-corrected chi connectivity index (χ1v) is 9.11. The Balaban J connectivity index is 1.78. The maximum absolute atomic E-state index is 14.0. The standard InChI is InChI=1S/C22H20ClFN2O2/c1-28-19-10-8-18(9-11-19)26(14-16-5-3-2-4-6-16)15-22(27)25-21-12-7-17(23)13-20(21)24/h2-13H,14-15H2,1H3,(H,25,27). The van der Waals surface area contributed by atoms with Crippen molar-refractivity contribution in [3.8, 4) is 5.75 Å². The summed E-state index contributed by atoms with van der Waals surface area (Å²) in [5.74, 6) is -0.163. The fourth-order valence-electron chi connectivity index (χ4n) is 2.79. The molecule has 1 amide bonds. The van der Waals surface area contributed by atoms with E-state index in [1.54, 1.807) is 7.11 Å². The molecule has 0 saturated heterocycles. The number of nitrogens with one attached hydrogen (secondary N) is 1. The van der Waals surface area contributed by atoms with E-state index in [-0.39, 0.29) is 23.2 Å². The summed E-state index contributed by atoms with van der Waals surface area (Å²) in [5.41, 5.74) is 2.02. The maximum atomic E-state index is 14.0. The largest absolute Gasteiger partial charge is 0.497 e. The smallest absolute Gasteiger partial charge is 0.243 e. The third-order valence-electron chi connectivity index (χ3n) is 4.19. The van der Waals surface area contributed by atoms with Gasteiger partial charge in [-0.05, 0) is 48.0 Å². The molecule has 28 heavy (non-hydrogen) atoms. The van der Waals surface area contributed by atoms with E-state index >= 15 is 0 Å². The van der Waals surface area contributed by atoms with Gasteiger partial charge in [-0.2, -0.15) is 0 Å². The number of halogens is 2. The molecule has 0 aromatic heterocycles. The van der Waals surface area contributed by atoms with Gasteiger partial charge in [0.15, 0.2) is 0 Å². The predicted octanol–water partition coefficient (Wildman–Crippen LogP) is 5.13. The Bertz CT molecular complexity index is 933. The molecule has 0 radical (unpaired) electrons. The molecule has 0 unspecified atom stereocenters. The molecule has 3 aromatic carbocycles. The van der Waals surface area contributed by atoms with Gasteiger partial charge in [-0.25, -0.2) is 4.39 Å². The van der Waals surface area contributed by atoms with Crippen molar-refractivity contribution < 1.29 is 13.9 Å². The predicted molar refractivity (Wildman–Crippen MR) is 111 cm³/mol. The number of carbonyl (C=O) groups is 1. The van der Waals surface area contributed by atoms with E-state index in [2.05, 4.69) is 5.32 Å². The average Bonchev–Trinajstić information content (AvgIpc) is 2.70. The Morgan fingerprint density at radius 1 is 1.07 bits per heavy atom. The van der Waals surface area contributed by atoms with Crippen LogP contribution in [0, 0.1) is 5.82 Å². The summed E-state index contributed by atoms with van der Waals surface area (Å²) in [6.45, 7) is 0.590. The number of amides is 1. The summed E-state index contributed by atoms with van der Waals surface area (Å²) < 4.78 is 19.2. The second kappa shape index (κ2) is 9.24. The van der Waals surface area contributed by atoms with Crippen LogP contribution in [0.25, 0.3) is 0 Å². The molecular weight excluding hydrogens is 379 g/mol. The number of hydrogen-bond acceptors (Lipinski definition) is 3. The SMILES string of the molecule is COc1ccc(N(CC(=O)Nc2ccc(Cl)cc2F)Cc2ccccc2)cc1. The van der Waals surface area contributed by atoms with Crippen LogP contribution in [0.3, 0.4) is 0 Å². The van der Waals surface area contributed by atoms with E-state index in [0.717, 1.165) is 17.0 Å². The fraction of sp³-hybridized carbons (Fsp3) is 0.136. The minimum atomic E-state index is -0.570. The van der Waals surface area contributed by atoms with Crippen LogP contribution in [0.15, 0.2) is 72.8 Å². The van der Waals surface area contributed by atoms with E-state index in [4.69, 9.17) is 16.3 Å². The Kier molecular flexibility index (Phi) is 6.50. The quantitative estimate of drug-likeness (QED) is 0.599. The van der Waals surface area contributed by atoms with Crippen molar-refractivity contribution in [1.82, 2.24) is 0 Å². The number of hydrogen-bond donors (Lipinski definition) is 1. The molecule has 0 heterocycles. The van der Waals surface area contributed by atoms with Gasteiger partial charge in [-0.1, -0.05) is 41.9 Å². The molecule has 0 aliphatic heterocycles. The van der Waals surface area contributed by atoms with Gasteiger partial charge in [-0.15, -0.1) is 0 Å². The van der Waals surface area contributed by atoms with E-state index in [1.807, 2.05) is 59.5 Å². The van der Waals surface area contributed by atoms with Crippen molar-refractivity contribution in [2.24, 2.45) is 0 Å². The van der Waals surface area contributed by atoms with Gasteiger partial charge in [0.1, 0.15) is 11.6 Å². The van der Waals surface area contributed by atoms with Crippen LogP contribution in [-0.2, 0) is 11.3 Å². The number of ether oxygens (including phenoxy) is 1. The van der Waals surface area contributed by atoms with Gasteiger partial charge in [0.25, 0.3) is 0 Å². The second-order valence-corrected chi connectivity index (χ2v) is 6.65. The highest BCUT2D eigenvalue weighted by atomic mass is 35.5. The lowest BCUT2D eigenvalue weighted by Gasteiger charge is -2.25. The average molecular weight is 399 g/mol. The molecule has 3 rings (SSSR count). The zero-order valence-electron chi connectivity index (χ0n) is 15.4. The molecule has 6 heteroatoms. The first-order chi connectivity index (χ1) is 13.5. The van der Waals surface area contributed by atoms with E-state index in [9.17, 15) is 9.18 Å². The van der Waals surface area contributed by atoms with Gasteiger partial charge in [-0.3, -0.25) is 4.79 Å². The molecule has 3 aromatic rings. The molecule has 144 valence electrons. The number of methoxy groups -OCH3 is 1. The topological polar surface area (TPSA) is 41.6 Å². The fourth-order valence-corrected chi connectivity index (χ4v) is 2.95. The lowest BCUT2D eigenvalue weighted by molar-refractivity contribution is -0.115. The molecule has 0 atom stereocenters. The molecule has 4 nitrogen and oxygen atoms in total. The van der Waals surface area contributed by atoms with Crippen molar-refractivity contribution in [3.63, 3.8) is 0 Å². The maximum Gasteiger partial charge on any atom is 0.243 e. The molecule has 0 fully saturated rings. The van der Waals surface area contributed by atoms with Gasteiger partial charge in [0.05, 0.1) is 19.3 Å². The first-order valence-electron chi connectivity index (χ1n) is 8.73. The second-order valence-electron chi connectivity index (χ2n) is 6.21. The van der Waals surface area contributed by atoms with E-state index in [1.165, 1.54) is 18.2 Å². The van der Waals surface area contributed by atoms with Crippen LogP contribution in [0.1, 0.15) is 5.56 Å². The van der Waals surface area contributed by atoms with Crippen LogP contribution < -0.4 is 15.0 Å². The zero-order valence-corrected chi connectivity index (χ0v) is 16.1. The lowest BCUT2D eigenvalue weighted by atomic mass is 10.2. The Morgan fingerprint density at radius 3 is 2.43 bits per heavy atom. The van der Waals surface area contributed by atoms with Crippen LogP contribution in [0.2, 0.25) is 5.02 Å². The molecule has 0 spiro atoms. The third-order valence-corrected chi connectivity index (χ3v) is 4.43. The summed E-state index contributed by atoms with van der Waals surface area (Å²) in [7, 11) is 1.60. The number of benzene rings is 3. The van der Waals surface area contributed by atoms with E-state index in [0.29, 0.717) is 6.54 Å². The van der Waals surface area contributed by atoms with Crippen molar-refractivity contribution in [3.05, 3.63) is 89.2 Å². The van der Waals surface area contributed by atoms with Gasteiger partial charge in [0.2, 0.25) is 5.91 Å². The summed E-state index contributed by atoms with van der Waals surface area (Å²) >= 11 is 5.76. The highest BCUT2D eigenvalue weighted by Crippen LogP contribution is 2.22. The number of rotatable bonds is 7. The lowest BCUT2D eigenvalue weighted by Crippen LogP contribution is -2.33. The number of carbonyl (C=O) groups excluding carboxylic acids is 1. The summed E-state index contributed by atoms with van der Waals surface area (Å²) in [5, 5.41) is 2.88. The van der Waals surface area contributed by atoms with Crippen molar-refractivity contribution >= 4 is 28.9 Å². The Morgan fingerprint density at radius 2 is 1.79 bits per heavy atom. The van der Waals surface area contributed by atoms with Crippen molar-refractivity contribution in [2.75, 3.05) is 23.9 Å². The summed E-state index contributed by atoms with van der Waals surface area (Å²) in [4.78, 5) is 14.5. The van der Waals surface area contributed by atoms with Crippen molar-refractivity contribution in [2.45, 2.75) is 6.54 Å². The molecule has 0 bridgehead atoms. The molecule has 1 N–H and O–H groups in total. The molecule has 0 aliphatic rings. The normalized spacial score (nSPS) is 10.4. The third kappa shape index (κ3) is 5.24. The summed E-state index contributed by atoms with van der Waals surface area (Å²) in [6.07, 6.45) is 0.